The molecule has 19 heavy (non-hydrogen) atoms. The van der Waals surface area contributed by atoms with Crippen LogP contribution < -0.4 is 5.32 Å². The number of esters is 1. The summed E-state index contributed by atoms with van der Waals surface area (Å²) in [5.74, 6) is -1.43. The lowest BCUT2D eigenvalue weighted by molar-refractivity contribution is -0.139. The topological polar surface area (TPSA) is 55.4 Å². The fraction of sp³-hybridized carbons (Fsp3) is 0.333. The fourth-order valence-electron chi connectivity index (χ4n) is 1.31. The normalized spacial score (nSPS) is 11.8. The molecule has 1 atom stereocenters. The van der Waals surface area contributed by atoms with Crippen LogP contribution >= 0.6 is 23.4 Å². The molecule has 1 aromatic rings. The lowest BCUT2D eigenvalue weighted by atomic mass is 10.3. The lowest BCUT2D eigenvalue weighted by Gasteiger charge is -2.12. The maximum Gasteiger partial charge on any atom is 0.318 e. The van der Waals surface area contributed by atoms with Gasteiger partial charge in [-0.25, -0.2) is 4.39 Å². The van der Waals surface area contributed by atoms with Crippen molar-refractivity contribution in [3.05, 3.63) is 23.0 Å². The number of hydrogen-bond acceptors (Lipinski definition) is 4. The van der Waals surface area contributed by atoms with E-state index >= 15 is 0 Å². The van der Waals surface area contributed by atoms with E-state index in [4.69, 9.17) is 11.6 Å². The quantitative estimate of drug-likeness (QED) is 0.686. The highest BCUT2D eigenvalue weighted by molar-refractivity contribution is 8.00. The molecule has 4 nitrogen and oxygen atoms in total. The van der Waals surface area contributed by atoms with Gasteiger partial charge in [0.05, 0.1) is 17.8 Å². The van der Waals surface area contributed by atoms with Crippen molar-refractivity contribution < 1.29 is 18.7 Å². The number of amides is 1. The van der Waals surface area contributed by atoms with E-state index in [1.807, 2.05) is 0 Å². The average Bonchev–Trinajstić information content (AvgIpc) is 2.33. The Balaban J connectivity index is 3.00. The number of methoxy groups -OCH3 is 1. The Labute approximate surface area is 119 Å². The van der Waals surface area contributed by atoms with Crippen molar-refractivity contribution in [2.75, 3.05) is 12.4 Å². The van der Waals surface area contributed by atoms with Gasteiger partial charge in [-0.2, -0.15) is 0 Å². The van der Waals surface area contributed by atoms with Crippen LogP contribution in [0.25, 0.3) is 0 Å². The van der Waals surface area contributed by atoms with Gasteiger partial charge in [0.25, 0.3) is 0 Å². The highest BCUT2D eigenvalue weighted by Gasteiger charge is 2.18. The molecule has 0 aliphatic carbocycles. The molecule has 104 valence electrons. The maximum absolute atomic E-state index is 13.6. The van der Waals surface area contributed by atoms with Crippen molar-refractivity contribution in [3.63, 3.8) is 0 Å². The Morgan fingerprint density at radius 1 is 1.47 bits per heavy atom. The molecule has 1 amide bonds. The molecule has 0 radical (unpaired) electrons. The van der Waals surface area contributed by atoms with Gasteiger partial charge in [0, 0.05) is 11.8 Å². The van der Waals surface area contributed by atoms with Gasteiger partial charge in [0.15, 0.2) is 0 Å². The van der Waals surface area contributed by atoms with E-state index in [-0.39, 0.29) is 10.7 Å². The molecule has 0 aliphatic rings. The Morgan fingerprint density at radius 3 is 2.63 bits per heavy atom. The van der Waals surface area contributed by atoms with E-state index in [1.54, 1.807) is 6.92 Å². The van der Waals surface area contributed by atoms with Gasteiger partial charge >= 0.3 is 5.97 Å². The van der Waals surface area contributed by atoms with Gasteiger partial charge in [-0.05, 0) is 19.1 Å². The minimum Gasteiger partial charge on any atom is -0.468 e. The number of hydrogen-bond donors (Lipinski definition) is 1. The van der Waals surface area contributed by atoms with Crippen LogP contribution in [-0.2, 0) is 14.3 Å². The molecule has 0 saturated carbocycles. The summed E-state index contributed by atoms with van der Waals surface area (Å²) in [4.78, 5) is 22.8. The number of halogens is 2. The highest BCUT2D eigenvalue weighted by Crippen LogP contribution is 2.34. The number of anilines is 1. The van der Waals surface area contributed by atoms with Crippen molar-refractivity contribution in [3.8, 4) is 0 Å². The molecule has 0 bridgehead atoms. The molecular weight excluding hydrogens is 293 g/mol. The van der Waals surface area contributed by atoms with Crippen molar-refractivity contribution in [1.29, 1.82) is 0 Å². The van der Waals surface area contributed by atoms with Crippen LogP contribution in [0.5, 0.6) is 0 Å². The minimum atomic E-state index is -0.629. The second kappa shape index (κ2) is 6.77. The number of ether oxygens (including phenoxy) is 1. The Morgan fingerprint density at radius 2 is 2.11 bits per heavy atom. The molecule has 0 spiro atoms. The van der Waals surface area contributed by atoms with Crippen LogP contribution in [0.2, 0.25) is 5.02 Å². The third-order valence-corrected chi connectivity index (χ3v) is 3.73. The van der Waals surface area contributed by atoms with Crippen LogP contribution in [-0.4, -0.2) is 24.2 Å². The second-order valence-electron chi connectivity index (χ2n) is 3.73. The molecule has 0 heterocycles. The van der Waals surface area contributed by atoms with Crippen molar-refractivity contribution >= 4 is 40.9 Å². The number of carbonyl (C=O) groups excluding carboxylic acids is 2. The van der Waals surface area contributed by atoms with Crippen molar-refractivity contribution in [2.45, 2.75) is 24.0 Å². The fourth-order valence-corrected chi connectivity index (χ4v) is 2.52. The van der Waals surface area contributed by atoms with Gasteiger partial charge in [-0.15, -0.1) is 11.8 Å². The average molecular weight is 306 g/mol. The molecule has 1 N–H and O–H groups in total. The van der Waals surface area contributed by atoms with E-state index in [1.165, 1.54) is 20.1 Å². The number of benzene rings is 1. The summed E-state index contributed by atoms with van der Waals surface area (Å²) in [6.45, 7) is 2.92. The lowest BCUT2D eigenvalue weighted by Crippen LogP contribution is -2.14. The first-order valence-corrected chi connectivity index (χ1v) is 6.62. The number of rotatable bonds is 4. The zero-order valence-electron chi connectivity index (χ0n) is 10.6. The van der Waals surface area contributed by atoms with Crippen LogP contribution in [0, 0.1) is 5.82 Å². The summed E-state index contributed by atoms with van der Waals surface area (Å²) < 4.78 is 18.1. The Kier molecular flexibility index (Phi) is 5.62. The zero-order valence-corrected chi connectivity index (χ0v) is 12.2. The first-order chi connectivity index (χ1) is 8.85. The number of nitrogens with one attached hydrogen (secondary N) is 1. The van der Waals surface area contributed by atoms with Gasteiger partial charge in [-0.1, -0.05) is 11.6 Å². The first-order valence-electron chi connectivity index (χ1n) is 5.36. The van der Waals surface area contributed by atoms with E-state index in [0.717, 1.165) is 17.8 Å². The summed E-state index contributed by atoms with van der Waals surface area (Å²) in [7, 11) is 1.29. The molecule has 7 heteroatoms. The first kappa shape index (κ1) is 15.8. The standard InChI is InChI=1S/C12H13ClFNO3S/c1-6(12(17)18-3)19-11-5-10(15-7(2)16)9(14)4-8(11)13/h4-6H,1-3H3,(H,15,16). The van der Waals surface area contributed by atoms with Gasteiger partial charge in [0.1, 0.15) is 11.1 Å². The molecule has 0 aliphatic heterocycles. The second-order valence-corrected chi connectivity index (χ2v) is 5.52. The molecule has 1 rings (SSSR count). The van der Waals surface area contributed by atoms with Crippen molar-refractivity contribution in [1.82, 2.24) is 0 Å². The number of thioether (sulfide) groups is 1. The van der Waals surface area contributed by atoms with Crippen LogP contribution in [0.1, 0.15) is 13.8 Å². The predicted molar refractivity (Wildman–Crippen MR) is 73.0 cm³/mol. The minimum absolute atomic E-state index is 0.0245. The molecule has 0 fully saturated rings. The van der Waals surface area contributed by atoms with Crippen LogP contribution in [0.3, 0.4) is 0 Å². The Hall–Kier alpha value is -1.27. The molecular formula is C12H13ClFNO3S. The van der Waals surface area contributed by atoms with E-state index in [0.29, 0.717) is 4.90 Å². The molecule has 0 aromatic heterocycles. The Bertz CT molecular complexity index is 510. The maximum atomic E-state index is 13.6. The monoisotopic (exact) mass is 305 g/mol. The highest BCUT2D eigenvalue weighted by atomic mass is 35.5. The third-order valence-electron chi connectivity index (χ3n) is 2.17. The molecule has 1 unspecified atom stereocenters. The largest absolute Gasteiger partial charge is 0.468 e. The number of carbonyl (C=O) groups is 2. The van der Waals surface area contributed by atoms with Gasteiger partial charge < -0.3 is 10.1 Å². The predicted octanol–water partition coefficient (Wildman–Crippen LogP) is 3.09. The third kappa shape index (κ3) is 4.40. The van der Waals surface area contributed by atoms with E-state index < -0.39 is 22.9 Å². The molecule has 0 saturated heterocycles. The van der Waals surface area contributed by atoms with E-state index in [2.05, 4.69) is 10.1 Å². The summed E-state index contributed by atoms with van der Waals surface area (Å²) >= 11 is 7.03. The summed E-state index contributed by atoms with van der Waals surface area (Å²) in [6, 6.07) is 2.49. The summed E-state index contributed by atoms with van der Waals surface area (Å²) in [6.07, 6.45) is 0. The smallest absolute Gasteiger partial charge is 0.318 e. The van der Waals surface area contributed by atoms with Gasteiger partial charge in [0.2, 0.25) is 5.91 Å². The SMILES string of the molecule is COC(=O)C(C)Sc1cc(NC(C)=O)c(F)cc1Cl. The van der Waals surface area contributed by atoms with Gasteiger partial charge in [-0.3, -0.25) is 9.59 Å². The van der Waals surface area contributed by atoms with E-state index in [9.17, 15) is 14.0 Å². The summed E-state index contributed by atoms with van der Waals surface area (Å²) in [5, 5.41) is 2.04. The zero-order chi connectivity index (χ0) is 14.6. The van der Waals surface area contributed by atoms with Crippen LogP contribution in [0.4, 0.5) is 10.1 Å². The summed E-state index contributed by atoms with van der Waals surface area (Å²) in [5.41, 5.74) is 0.0245. The van der Waals surface area contributed by atoms with Crippen LogP contribution in [0.15, 0.2) is 17.0 Å². The van der Waals surface area contributed by atoms with Crippen molar-refractivity contribution in [2.24, 2.45) is 0 Å². The molecule has 1 aromatic carbocycles.